The Bertz CT molecular complexity index is 291. The van der Waals surface area contributed by atoms with Crippen molar-refractivity contribution >= 4 is 0 Å². The molecule has 1 aromatic rings. The van der Waals surface area contributed by atoms with Gasteiger partial charge in [0.1, 0.15) is 0 Å². The molecule has 0 saturated heterocycles. The number of hydrogen-bond donors (Lipinski definition) is 1. The van der Waals surface area contributed by atoms with Crippen LogP contribution < -0.4 is 5.32 Å². The van der Waals surface area contributed by atoms with Crippen LogP contribution in [0, 0.1) is 12.8 Å². The van der Waals surface area contributed by atoms with Crippen LogP contribution in [0.3, 0.4) is 0 Å². The van der Waals surface area contributed by atoms with Gasteiger partial charge in [0.25, 0.3) is 0 Å². The predicted octanol–water partition coefficient (Wildman–Crippen LogP) is 3.34. The highest BCUT2D eigenvalue weighted by Crippen LogP contribution is 2.23. The van der Waals surface area contributed by atoms with Gasteiger partial charge in [-0.1, -0.05) is 43.7 Å². The van der Waals surface area contributed by atoms with E-state index < -0.39 is 0 Å². The average molecular weight is 205 g/mol. The highest BCUT2D eigenvalue weighted by Gasteiger charge is 2.12. The zero-order chi connectivity index (χ0) is 11.3. The van der Waals surface area contributed by atoms with Crippen molar-refractivity contribution < 1.29 is 0 Å². The van der Waals surface area contributed by atoms with E-state index >= 15 is 0 Å². The molecule has 1 nitrogen and oxygen atoms in total. The summed E-state index contributed by atoms with van der Waals surface area (Å²) in [5, 5.41) is 3.29. The zero-order valence-electron chi connectivity index (χ0n) is 10.4. The van der Waals surface area contributed by atoms with E-state index in [-0.39, 0.29) is 0 Å². The van der Waals surface area contributed by atoms with Gasteiger partial charge in [-0.25, -0.2) is 0 Å². The van der Waals surface area contributed by atoms with Crippen LogP contribution >= 0.6 is 0 Å². The summed E-state index contributed by atoms with van der Waals surface area (Å²) in [4.78, 5) is 0. The SMILES string of the molecule is CNCC(CC(C)C)c1cccc(C)c1. The highest BCUT2D eigenvalue weighted by molar-refractivity contribution is 5.25. The van der Waals surface area contributed by atoms with Gasteiger partial charge in [-0.3, -0.25) is 0 Å². The summed E-state index contributed by atoms with van der Waals surface area (Å²) in [5.74, 6) is 1.40. The van der Waals surface area contributed by atoms with Gasteiger partial charge in [-0.15, -0.1) is 0 Å². The number of nitrogens with one attached hydrogen (secondary N) is 1. The van der Waals surface area contributed by atoms with E-state index in [2.05, 4.69) is 50.4 Å². The van der Waals surface area contributed by atoms with E-state index in [1.165, 1.54) is 17.5 Å². The lowest BCUT2D eigenvalue weighted by Gasteiger charge is -2.19. The smallest absolute Gasteiger partial charge is 0.00172 e. The van der Waals surface area contributed by atoms with Crippen molar-refractivity contribution in [3.05, 3.63) is 35.4 Å². The Kier molecular flexibility index (Phi) is 4.83. The van der Waals surface area contributed by atoms with Crippen LogP contribution in [0.1, 0.15) is 37.3 Å². The summed E-state index contributed by atoms with van der Waals surface area (Å²) in [6, 6.07) is 8.88. The second kappa shape index (κ2) is 5.92. The molecule has 15 heavy (non-hydrogen) atoms. The van der Waals surface area contributed by atoms with Gasteiger partial charge in [-0.05, 0) is 37.8 Å². The maximum Gasteiger partial charge on any atom is 0.00172 e. The molecule has 0 aliphatic rings. The van der Waals surface area contributed by atoms with E-state index in [0.717, 1.165) is 12.5 Å². The first-order chi connectivity index (χ1) is 7.13. The molecule has 0 aliphatic heterocycles. The molecule has 1 rings (SSSR count). The number of aryl methyl sites for hydroxylation is 1. The largest absolute Gasteiger partial charge is 0.319 e. The number of benzene rings is 1. The third-order valence-electron chi connectivity index (χ3n) is 2.72. The number of likely N-dealkylation sites (N-methyl/N-ethyl adjacent to an activating group) is 1. The monoisotopic (exact) mass is 205 g/mol. The fraction of sp³-hybridized carbons (Fsp3) is 0.571. The van der Waals surface area contributed by atoms with Crippen molar-refractivity contribution in [2.75, 3.05) is 13.6 Å². The highest BCUT2D eigenvalue weighted by atomic mass is 14.8. The summed E-state index contributed by atoms with van der Waals surface area (Å²) in [6.07, 6.45) is 1.25. The summed E-state index contributed by atoms with van der Waals surface area (Å²) in [7, 11) is 2.03. The van der Waals surface area contributed by atoms with Crippen molar-refractivity contribution in [3.8, 4) is 0 Å². The predicted molar refractivity (Wildman–Crippen MR) is 67.3 cm³/mol. The van der Waals surface area contributed by atoms with Gasteiger partial charge >= 0.3 is 0 Å². The first kappa shape index (κ1) is 12.3. The molecule has 1 aromatic carbocycles. The van der Waals surface area contributed by atoms with Crippen LogP contribution in [-0.4, -0.2) is 13.6 Å². The molecule has 0 heterocycles. The van der Waals surface area contributed by atoms with E-state index in [1.807, 2.05) is 7.05 Å². The lowest BCUT2D eigenvalue weighted by molar-refractivity contribution is 0.484. The third kappa shape index (κ3) is 4.05. The van der Waals surface area contributed by atoms with E-state index in [0.29, 0.717) is 5.92 Å². The Labute approximate surface area is 93.9 Å². The molecule has 1 unspecified atom stereocenters. The van der Waals surface area contributed by atoms with E-state index in [9.17, 15) is 0 Å². The maximum atomic E-state index is 3.29. The van der Waals surface area contributed by atoms with Crippen LogP contribution in [0.4, 0.5) is 0 Å². The average Bonchev–Trinajstić information content (AvgIpc) is 2.16. The van der Waals surface area contributed by atoms with Gasteiger partial charge in [0.2, 0.25) is 0 Å². The van der Waals surface area contributed by atoms with Crippen molar-refractivity contribution in [1.82, 2.24) is 5.32 Å². The second-order valence-corrected chi connectivity index (χ2v) is 4.80. The minimum atomic E-state index is 0.648. The molecule has 0 amide bonds. The first-order valence-electron chi connectivity index (χ1n) is 5.84. The lowest BCUT2D eigenvalue weighted by atomic mass is 9.89. The number of rotatable bonds is 5. The van der Waals surface area contributed by atoms with Gasteiger partial charge in [0.15, 0.2) is 0 Å². The lowest BCUT2D eigenvalue weighted by Crippen LogP contribution is -2.18. The fourth-order valence-electron chi connectivity index (χ4n) is 2.08. The fourth-order valence-corrected chi connectivity index (χ4v) is 2.08. The molecule has 0 fully saturated rings. The molecule has 84 valence electrons. The first-order valence-corrected chi connectivity index (χ1v) is 5.84. The summed E-state index contributed by atoms with van der Waals surface area (Å²) >= 11 is 0. The molecule has 0 saturated carbocycles. The Balaban J connectivity index is 2.78. The van der Waals surface area contributed by atoms with Crippen LogP contribution in [0.25, 0.3) is 0 Å². The van der Waals surface area contributed by atoms with E-state index in [1.54, 1.807) is 0 Å². The summed E-state index contributed by atoms with van der Waals surface area (Å²) in [6.45, 7) is 7.81. The Morgan fingerprint density at radius 3 is 2.53 bits per heavy atom. The molecular formula is C14H23N. The van der Waals surface area contributed by atoms with Gasteiger partial charge < -0.3 is 5.32 Å². The topological polar surface area (TPSA) is 12.0 Å². The molecule has 0 radical (unpaired) electrons. The van der Waals surface area contributed by atoms with E-state index in [4.69, 9.17) is 0 Å². The van der Waals surface area contributed by atoms with Gasteiger partial charge in [0, 0.05) is 6.54 Å². The van der Waals surface area contributed by atoms with Crippen LogP contribution in [0.5, 0.6) is 0 Å². The Hall–Kier alpha value is -0.820. The minimum absolute atomic E-state index is 0.648. The molecule has 0 spiro atoms. The second-order valence-electron chi connectivity index (χ2n) is 4.80. The summed E-state index contributed by atoms with van der Waals surface area (Å²) in [5.41, 5.74) is 2.83. The molecule has 1 heteroatoms. The third-order valence-corrected chi connectivity index (χ3v) is 2.72. The van der Waals surface area contributed by atoms with Gasteiger partial charge in [-0.2, -0.15) is 0 Å². The molecular weight excluding hydrogens is 182 g/mol. The standard InChI is InChI=1S/C14H23N/c1-11(2)8-14(10-15-4)13-7-5-6-12(3)9-13/h5-7,9,11,14-15H,8,10H2,1-4H3. The molecule has 1 N–H and O–H groups in total. The molecule has 1 atom stereocenters. The normalized spacial score (nSPS) is 13.1. The minimum Gasteiger partial charge on any atom is -0.319 e. The molecule has 0 aliphatic carbocycles. The zero-order valence-corrected chi connectivity index (χ0v) is 10.4. The summed E-state index contributed by atoms with van der Waals surface area (Å²) < 4.78 is 0. The Morgan fingerprint density at radius 2 is 2.00 bits per heavy atom. The van der Waals surface area contributed by atoms with Crippen LogP contribution in [-0.2, 0) is 0 Å². The van der Waals surface area contributed by atoms with Crippen LogP contribution in [0.15, 0.2) is 24.3 Å². The number of hydrogen-bond acceptors (Lipinski definition) is 1. The maximum absolute atomic E-state index is 3.29. The van der Waals surface area contributed by atoms with Crippen LogP contribution in [0.2, 0.25) is 0 Å². The van der Waals surface area contributed by atoms with Gasteiger partial charge in [0.05, 0.1) is 0 Å². The molecule has 0 bridgehead atoms. The van der Waals surface area contributed by atoms with Crippen molar-refractivity contribution in [2.24, 2.45) is 5.92 Å². The quantitative estimate of drug-likeness (QED) is 0.777. The van der Waals surface area contributed by atoms with Crippen molar-refractivity contribution in [3.63, 3.8) is 0 Å². The van der Waals surface area contributed by atoms with Crippen molar-refractivity contribution in [1.29, 1.82) is 0 Å². The van der Waals surface area contributed by atoms with Crippen molar-refractivity contribution in [2.45, 2.75) is 33.1 Å². The molecule has 0 aromatic heterocycles. The Morgan fingerprint density at radius 1 is 1.27 bits per heavy atom.